The van der Waals surface area contributed by atoms with E-state index in [4.69, 9.17) is 10.5 Å². The lowest BCUT2D eigenvalue weighted by Crippen LogP contribution is -2.50. The number of fused-ring (bicyclic) bond motifs is 3. The minimum Gasteiger partial charge on any atom is -0.456 e. The molecular formula is C28H18F2N4O3. The van der Waals surface area contributed by atoms with Crippen molar-refractivity contribution in [1.82, 2.24) is 0 Å². The number of hydrogen-bond donors (Lipinski definition) is 1. The third kappa shape index (κ3) is 3.02. The first-order valence-corrected chi connectivity index (χ1v) is 11.4. The van der Waals surface area contributed by atoms with Gasteiger partial charge in [-0.05, 0) is 42.0 Å². The number of ether oxygens (including phenoxy) is 1. The summed E-state index contributed by atoms with van der Waals surface area (Å²) >= 11 is 0. The highest BCUT2D eigenvalue weighted by Crippen LogP contribution is 2.56. The molecule has 0 aromatic heterocycles. The minimum absolute atomic E-state index is 0.0263. The fourth-order valence-electron chi connectivity index (χ4n) is 5.43. The van der Waals surface area contributed by atoms with Gasteiger partial charge < -0.3 is 15.4 Å². The summed E-state index contributed by atoms with van der Waals surface area (Å²) in [4.78, 5) is 30.5. The van der Waals surface area contributed by atoms with Crippen LogP contribution in [-0.2, 0) is 26.3 Å². The molecule has 0 bridgehead atoms. The van der Waals surface area contributed by atoms with Crippen LogP contribution in [0.2, 0.25) is 0 Å². The zero-order chi connectivity index (χ0) is 25.9. The highest BCUT2D eigenvalue weighted by atomic mass is 19.1. The summed E-state index contributed by atoms with van der Waals surface area (Å²) in [5.41, 5.74) is 6.62. The first kappa shape index (κ1) is 22.5. The highest BCUT2D eigenvalue weighted by Gasteiger charge is 2.63. The molecule has 0 fully saturated rings. The summed E-state index contributed by atoms with van der Waals surface area (Å²) in [5.74, 6) is -2.36. The first-order valence-electron chi connectivity index (χ1n) is 11.4. The normalized spacial score (nSPS) is 20.4. The Hall–Kier alpha value is -4.97. The van der Waals surface area contributed by atoms with Crippen molar-refractivity contribution >= 4 is 23.3 Å². The Morgan fingerprint density at radius 2 is 1.76 bits per heavy atom. The van der Waals surface area contributed by atoms with Crippen molar-refractivity contribution in [1.29, 1.82) is 5.26 Å². The van der Waals surface area contributed by atoms with Gasteiger partial charge in [-0.3, -0.25) is 9.69 Å². The van der Waals surface area contributed by atoms with E-state index in [0.717, 1.165) is 0 Å². The Bertz CT molecular complexity index is 1610. The number of hydrogen-bond acceptors (Lipinski definition) is 6. The van der Waals surface area contributed by atoms with Gasteiger partial charge in [-0.2, -0.15) is 5.26 Å². The van der Waals surface area contributed by atoms with E-state index in [1.165, 1.54) is 40.1 Å². The Morgan fingerprint density at radius 3 is 2.49 bits per heavy atom. The van der Waals surface area contributed by atoms with Gasteiger partial charge in [-0.25, -0.2) is 13.6 Å². The Morgan fingerprint density at radius 1 is 1.00 bits per heavy atom. The molecule has 1 amide bonds. The van der Waals surface area contributed by atoms with Crippen LogP contribution < -0.4 is 15.5 Å². The fourth-order valence-corrected chi connectivity index (χ4v) is 5.43. The molecule has 6 rings (SSSR count). The summed E-state index contributed by atoms with van der Waals surface area (Å²) in [7, 11) is 0. The van der Waals surface area contributed by atoms with Gasteiger partial charge in [0.2, 0.25) is 5.91 Å². The molecule has 3 aromatic rings. The van der Waals surface area contributed by atoms with Crippen LogP contribution in [0.3, 0.4) is 0 Å². The molecular weight excluding hydrogens is 478 g/mol. The van der Waals surface area contributed by atoms with E-state index in [0.29, 0.717) is 16.8 Å². The number of nitriles is 1. The molecule has 2 N–H and O–H groups in total. The number of rotatable bonds is 3. The predicted octanol–water partition coefficient (Wildman–Crippen LogP) is 3.77. The number of para-hydroxylation sites is 1. The minimum atomic E-state index is -1.85. The molecule has 182 valence electrons. The van der Waals surface area contributed by atoms with Crippen LogP contribution in [0.15, 0.2) is 95.5 Å². The molecule has 3 heterocycles. The van der Waals surface area contributed by atoms with Gasteiger partial charge in [0, 0.05) is 11.3 Å². The number of anilines is 2. The van der Waals surface area contributed by atoms with Crippen molar-refractivity contribution in [2.24, 2.45) is 5.73 Å². The second kappa shape index (κ2) is 8.03. The second-order valence-corrected chi connectivity index (χ2v) is 8.87. The highest BCUT2D eigenvalue weighted by molar-refractivity contribution is 6.19. The molecule has 0 aliphatic carbocycles. The van der Waals surface area contributed by atoms with Crippen molar-refractivity contribution < 1.29 is 23.1 Å². The number of halogens is 2. The van der Waals surface area contributed by atoms with Crippen molar-refractivity contribution in [3.8, 4) is 6.07 Å². The van der Waals surface area contributed by atoms with Crippen LogP contribution in [0.1, 0.15) is 11.1 Å². The number of carbonyl (C=O) groups is 2. The van der Waals surface area contributed by atoms with Crippen LogP contribution in [0.25, 0.3) is 0 Å². The van der Waals surface area contributed by atoms with Crippen molar-refractivity contribution in [3.63, 3.8) is 0 Å². The molecule has 37 heavy (non-hydrogen) atoms. The van der Waals surface area contributed by atoms with Gasteiger partial charge in [0.05, 0.1) is 29.1 Å². The Balaban J connectivity index is 1.61. The van der Waals surface area contributed by atoms with Gasteiger partial charge in [0.15, 0.2) is 0 Å². The van der Waals surface area contributed by atoms with Crippen molar-refractivity contribution in [2.45, 2.75) is 12.0 Å². The van der Waals surface area contributed by atoms with Crippen LogP contribution in [0.5, 0.6) is 0 Å². The quantitative estimate of drug-likeness (QED) is 0.554. The summed E-state index contributed by atoms with van der Waals surface area (Å²) in [6, 6.07) is 20.2. The number of carbonyl (C=O) groups excluding carboxylic acids is 2. The molecule has 3 aliphatic rings. The number of benzene rings is 3. The predicted molar refractivity (Wildman–Crippen MR) is 129 cm³/mol. The lowest BCUT2D eigenvalue weighted by Gasteiger charge is -2.38. The maximum atomic E-state index is 14.4. The lowest BCUT2D eigenvalue weighted by molar-refractivity contribution is -0.137. The third-order valence-corrected chi connectivity index (χ3v) is 6.95. The molecule has 9 heteroatoms. The molecule has 0 saturated carbocycles. The van der Waals surface area contributed by atoms with E-state index in [2.05, 4.69) is 6.07 Å². The van der Waals surface area contributed by atoms with Gasteiger partial charge in [0.25, 0.3) is 0 Å². The van der Waals surface area contributed by atoms with Crippen LogP contribution in [0.4, 0.5) is 20.2 Å². The summed E-state index contributed by atoms with van der Waals surface area (Å²) < 4.78 is 33.0. The maximum absolute atomic E-state index is 14.4. The molecule has 1 spiro atoms. The van der Waals surface area contributed by atoms with Crippen LogP contribution in [-0.4, -0.2) is 18.5 Å². The van der Waals surface area contributed by atoms with Gasteiger partial charge in [-0.15, -0.1) is 0 Å². The maximum Gasteiger partial charge on any atom is 0.338 e. The van der Waals surface area contributed by atoms with Crippen LogP contribution in [0, 0.1) is 23.0 Å². The summed E-state index contributed by atoms with van der Waals surface area (Å²) in [6.07, 6.45) is 0. The van der Waals surface area contributed by atoms with Crippen molar-refractivity contribution in [3.05, 3.63) is 118 Å². The van der Waals surface area contributed by atoms with Crippen LogP contribution >= 0.6 is 0 Å². The van der Waals surface area contributed by atoms with Crippen molar-refractivity contribution in [2.75, 3.05) is 16.4 Å². The average Bonchev–Trinajstić information content (AvgIpc) is 3.38. The van der Waals surface area contributed by atoms with E-state index in [1.54, 1.807) is 42.5 Å². The fraction of sp³-hybridized carbons (Fsp3) is 0.107. The Kier molecular flexibility index (Phi) is 4.88. The average molecular weight is 496 g/mol. The molecule has 1 unspecified atom stereocenters. The number of esters is 1. The molecule has 0 saturated heterocycles. The summed E-state index contributed by atoms with van der Waals surface area (Å²) in [6.45, 7) is -0.138. The van der Waals surface area contributed by atoms with Gasteiger partial charge in [0.1, 0.15) is 35.5 Å². The first-order chi connectivity index (χ1) is 17.9. The van der Waals surface area contributed by atoms with E-state index >= 15 is 0 Å². The van der Waals surface area contributed by atoms with E-state index in [1.807, 2.05) is 0 Å². The second-order valence-electron chi connectivity index (χ2n) is 8.87. The molecule has 3 aliphatic heterocycles. The van der Waals surface area contributed by atoms with Gasteiger partial charge in [-0.1, -0.05) is 36.4 Å². The number of amides is 1. The standard InChI is InChI=1S/C28H18F2N4O3/c29-17-10-8-16(9-11-17)14-33-22-7-2-1-6-20(22)28(27(33)36)21(13-31)25(32)34(19-5-3-4-18(30)12-19)23-15-37-26(35)24(23)28/h1-12H,14-15,32H2. The largest absolute Gasteiger partial charge is 0.456 e. The molecule has 0 radical (unpaired) electrons. The number of nitrogens with zero attached hydrogens (tertiary/aromatic N) is 3. The van der Waals surface area contributed by atoms with Gasteiger partial charge >= 0.3 is 5.97 Å². The SMILES string of the molecule is N#CC1=C(N)N(c2cccc(F)c2)C2=C(C(=O)OC2)C12C(=O)N(Cc1ccc(F)cc1)c1ccccc12. The van der Waals surface area contributed by atoms with E-state index < -0.39 is 28.9 Å². The van der Waals surface area contributed by atoms with E-state index in [-0.39, 0.29) is 41.5 Å². The number of cyclic esters (lactones) is 1. The summed E-state index contributed by atoms with van der Waals surface area (Å²) in [5, 5.41) is 10.4. The third-order valence-electron chi connectivity index (χ3n) is 6.95. The molecule has 1 atom stereocenters. The monoisotopic (exact) mass is 496 g/mol. The zero-order valence-corrected chi connectivity index (χ0v) is 19.2. The lowest BCUT2D eigenvalue weighted by atomic mass is 9.67. The number of nitrogens with two attached hydrogens (primary N) is 1. The van der Waals surface area contributed by atoms with E-state index in [9.17, 15) is 23.6 Å². The molecule has 3 aromatic carbocycles. The topological polar surface area (TPSA) is 99.7 Å². The smallest absolute Gasteiger partial charge is 0.338 e. The Labute approximate surface area is 210 Å². The zero-order valence-electron chi connectivity index (χ0n) is 19.2. The molecule has 7 nitrogen and oxygen atoms in total.